The predicted octanol–water partition coefficient (Wildman–Crippen LogP) is 3.34. The molecule has 0 spiro atoms. The SMILES string of the molecule is CCCCCC[C@H](C)NC(=O)Cn1cc(C(F)(F)F)ccc1=O. The van der Waals surface area contributed by atoms with Gasteiger partial charge in [0.15, 0.2) is 0 Å². The van der Waals surface area contributed by atoms with E-state index < -0.39 is 29.8 Å². The van der Waals surface area contributed by atoms with Crippen molar-refractivity contribution in [2.24, 2.45) is 0 Å². The van der Waals surface area contributed by atoms with Crippen LogP contribution in [0.5, 0.6) is 0 Å². The van der Waals surface area contributed by atoms with E-state index in [-0.39, 0.29) is 6.04 Å². The highest BCUT2D eigenvalue weighted by molar-refractivity contribution is 5.76. The molecule has 1 rings (SSSR count). The van der Waals surface area contributed by atoms with Crippen LogP contribution in [0, 0.1) is 0 Å². The molecule has 7 heteroatoms. The lowest BCUT2D eigenvalue weighted by Crippen LogP contribution is -2.37. The Morgan fingerprint density at radius 1 is 1.26 bits per heavy atom. The molecule has 1 amide bonds. The number of unbranched alkanes of at least 4 members (excludes halogenated alkanes) is 3. The normalized spacial score (nSPS) is 12.9. The summed E-state index contributed by atoms with van der Waals surface area (Å²) in [6.45, 7) is 3.54. The van der Waals surface area contributed by atoms with Gasteiger partial charge in [0.05, 0.1) is 5.56 Å². The Bertz CT molecular complexity index is 567. The lowest BCUT2D eigenvalue weighted by molar-refractivity contribution is -0.138. The second-order valence-corrected chi connectivity index (χ2v) is 5.70. The van der Waals surface area contributed by atoms with E-state index in [0.717, 1.165) is 42.7 Å². The van der Waals surface area contributed by atoms with Crippen molar-refractivity contribution in [1.82, 2.24) is 9.88 Å². The number of rotatable bonds is 8. The van der Waals surface area contributed by atoms with Crippen molar-refractivity contribution >= 4 is 5.91 Å². The summed E-state index contributed by atoms with van der Waals surface area (Å²) < 4.78 is 38.7. The molecule has 1 aromatic rings. The average Bonchev–Trinajstić information content (AvgIpc) is 2.44. The van der Waals surface area contributed by atoms with Gasteiger partial charge in [-0.25, -0.2) is 0 Å². The molecule has 23 heavy (non-hydrogen) atoms. The Balaban J connectivity index is 2.58. The van der Waals surface area contributed by atoms with Gasteiger partial charge in [-0.15, -0.1) is 0 Å². The molecule has 0 bridgehead atoms. The third kappa shape index (κ3) is 6.88. The third-order valence-corrected chi connectivity index (χ3v) is 3.52. The Kier molecular flexibility index (Phi) is 7.32. The number of aromatic nitrogens is 1. The van der Waals surface area contributed by atoms with Crippen molar-refractivity contribution in [2.75, 3.05) is 0 Å². The number of halogens is 3. The van der Waals surface area contributed by atoms with Crippen molar-refractivity contribution in [3.05, 3.63) is 34.2 Å². The van der Waals surface area contributed by atoms with Crippen molar-refractivity contribution in [3.63, 3.8) is 0 Å². The van der Waals surface area contributed by atoms with Crippen LogP contribution in [0.25, 0.3) is 0 Å². The summed E-state index contributed by atoms with van der Waals surface area (Å²) in [5, 5.41) is 2.71. The summed E-state index contributed by atoms with van der Waals surface area (Å²) in [4.78, 5) is 23.5. The molecule has 4 nitrogen and oxygen atoms in total. The molecule has 0 unspecified atom stereocenters. The van der Waals surface area contributed by atoms with Gasteiger partial charge in [-0.1, -0.05) is 32.6 Å². The number of nitrogens with zero attached hydrogens (tertiary/aromatic N) is 1. The third-order valence-electron chi connectivity index (χ3n) is 3.52. The number of hydrogen-bond acceptors (Lipinski definition) is 2. The Morgan fingerprint density at radius 2 is 1.96 bits per heavy atom. The fraction of sp³-hybridized carbons (Fsp3) is 0.625. The largest absolute Gasteiger partial charge is 0.417 e. The van der Waals surface area contributed by atoms with Crippen LogP contribution in [0.15, 0.2) is 23.1 Å². The first-order valence-electron chi connectivity index (χ1n) is 7.81. The topological polar surface area (TPSA) is 51.1 Å². The minimum atomic E-state index is -4.54. The first kappa shape index (κ1) is 19.3. The standard InChI is InChI=1S/C16H23F3N2O2/c1-3-4-5-6-7-12(2)20-14(22)11-21-10-13(16(17,18)19)8-9-15(21)23/h8-10,12H,3-7,11H2,1-2H3,(H,20,22)/t12-/m0/s1. The number of alkyl halides is 3. The first-order chi connectivity index (χ1) is 10.7. The second kappa shape index (κ2) is 8.74. The highest BCUT2D eigenvalue weighted by Gasteiger charge is 2.31. The van der Waals surface area contributed by atoms with Gasteiger partial charge in [0.25, 0.3) is 5.56 Å². The van der Waals surface area contributed by atoms with Crippen LogP contribution in [0.2, 0.25) is 0 Å². The number of carbonyl (C=O) groups is 1. The Morgan fingerprint density at radius 3 is 2.57 bits per heavy atom. The smallest absolute Gasteiger partial charge is 0.352 e. The maximum Gasteiger partial charge on any atom is 0.417 e. The minimum absolute atomic E-state index is 0.0687. The van der Waals surface area contributed by atoms with Gasteiger partial charge in [0, 0.05) is 18.3 Å². The van der Waals surface area contributed by atoms with E-state index in [9.17, 15) is 22.8 Å². The zero-order chi connectivity index (χ0) is 17.5. The molecular weight excluding hydrogens is 309 g/mol. The van der Waals surface area contributed by atoms with Gasteiger partial charge in [-0.05, 0) is 19.4 Å². The van der Waals surface area contributed by atoms with E-state index in [4.69, 9.17) is 0 Å². The van der Waals surface area contributed by atoms with Crippen molar-refractivity contribution in [3.8, 4) is 0 Å². The van der Waals surface area contributed by atoms with Crippen LogP contribution in [0.4, 0.5) is 13.2 Å². The van der Waals surface area contributed by atoms with Crippen LogP contribution >= 0.6 is 0 Å². The molecule has 1 N–H and O–H groups in total. The number of pyridine rings is 1. The summed E-state index contributed by atoms with van der Waals surface area (Å²) in [5.41, 5.74) is -1.58. The van der Waals surface area contributed by atoms with E-state index in [0.29, 0.717) is 12.3 Å². The highest BCUT2D eigenvalue weighted by Crippen LogP contribution is 2.27. The summed E-state index contributed by atoms with van der Waals surface area (Å²) in [6, 6.07) is 1.47. The molecule has 0 fully saturated rings. The van der Waals surface area contributed by atoms with Crippen LogP contribution in [-0.4, -0.2) is 16.5 Å². The number of nitrogens with one attached hydrogen (secondary N) is 1. The van der Waals surface area contributed by atoms with E-state index in [1.165, 1.54) is 0 Å². The van der Waals surface area contributed by atoms with E-state index in [2.05, 4.69) is 12.2 Å². The van der Waals surface area contributed by atoms with E-state index in [1.54, 1.807) is 0 Å². The maximum absolute atomic E-state index is 12.6. The van der Waals surface area contributed by atoms with Gasteiger partial charge in [-0.3, -0.25) is 9.59 Å². The van der Waals surface area contributed by atoms with Gasteiger partial charge in [-0.2, -0.15) is 13.2 Å². The quantitative estimate of drug-likeness (QED) is 0.742. The summed E-state index contributed by atoms with van der Waals surface area (Å²) in [7, 11) is 0. The van der Waals surface area contributed by atoms with Crippen LogP contribution in [0.1, 0.15) is 51.5 Å². The molecule has 0 aliphatic rings. The molecule has 130 valence electrons. The van der Waals surface area contributed by atoms with E-state index >= 15 is 0 Å². The van der Waals surface area contributed by atoms with Gasteiger partial charge >= 0.3 is 6.18 Å². The molecule has 0 saturated carbocycles. The lowest BCUT2D eigenvalue weighted by Gasteiger charge is -2.15. The Labute approximate surface area is 133 Å². The summed E-state index contributed by atoms with van der Waals surface area (Å²) in [6.07, 6.45) is 1.28. The molecule has 1 heterocycles. The number of carbonyl (C=O) groups excluding carboxylic acids is 1. The van der Waals surface area contributed by atoms with Crippen molar-refractivity contribution < 1.29 is 18.0 Å². The second-order valence-electron chi connectivity index (χ2n) is 5.70. The van der Waals surface area contributed by atoms with Gasteiger partial charge in [0.1, 0.15) is 6.54 Å². The van der Waals surface area contributed by atoms with Gasteiger partial charge < -0.3 is 9.88 Å². The monoisotopic (exact) mass is 332 g/mol. The molecule has 0 radical (unpaired) electrons. The molecule has 0 saturated heterocycles. The summed E-state index contributed by atoms with van der Waals surface area (Å²) in [5.74, 6) is -0.464. The van der Waals surface area contributed by atoms with Crippen LogP contribution in [0.3, 0.4) is 0 Å². The number of amides is 1. The zero-order valence-electron chi connectivity index (χ0n) is 13.4. The molecule has 0 aliphatic heterocycles. The summed E-state index contributed by atoms with van der Waals surface area (Å²) >= 11 is 0. The predicted molar refractivity (Wildman–Crippen MR) is 82.1 cm³/mol. The number of hydrogen-bond donors (Lipinski definition) is 1. The Hall–Kier alpha value is -1.79. The first-order valence-corrected chi connectivity index (χ1v) is 7.81. The molecular formula is C16H23F3N2O2. The lowest BCUT2D eigenvalue weighted by atomic mass is 10.1. The van der Waals surface area contributed by atoms with Crippen LogP contribution in [-0.2, 0) is 17.5 Å². The average molecular weight is 332 g/mol. The maximum atomic E-state index is 12.6. The zero-order valence-corrected chi connectivity index (χ0v) is 13.4. The van der Waals surface area contributed by atoms with Crippen molar-refractivity contribution in [1.29, 1.82) is 0 Å². The molecule has 0 aromatic carbocycles. The van der Waals surface area contributed by atoms with Gasteiger partial charge in [0.2, 0.25) is 5.91 Å². The molecule has 0 aliphatic carbocycles. The molecule has 1 atom stereocenters. The van der Waals surface area contributed by atoms with Crippen molar-refractivity contribution in [2.45, 2.75) is 64.7 Å². The fourth-order valence-electron chi connectivity index (χ4n) is 2.25. The fourth-order valence-corrected chi connectivity index (χ4v) is 2.25. The minimum Gasteiger partial charge on any atom is -0.352 e. The van der Waals surface area contributed by atoms with E-state index in [1.807, 2.05) is 6.92 Å². The highest BCUT2D eigenvalue weighted by atomic mass is 19.4. The van der Waals surface area contributed by atoms with Crippen LogP contribution < -0.4 is 10.9 Å². The molecule has 1 aromatic heterocycles.